The summed E-state index contributed by atoms with van der Waals surface area (Å²) in [7, 11) is 0. The number of benzene rings is 2. The Hall–Kier alpha value is -4.48. The topological polar surface area (TPSA) is 160 Å². The number of para-hydroxylation sites is 2. The molecule has 0 radical (unpaired) electrons. The molecule has 4 rings (SSSR count). The molecular formula is C18H12N6O6. The maximum atomic E-state index is 12.6. The summed E-state index contributed by atoms with van der Waals surface area (Å²) in [4.78, 5) is 37.5. The largest absolute Gasteiger partial charge is 0.419 e. The van der Waals surface area contributed by atoms with Gasteiger partial charge in [-0.2, -0.15) is 0 Å². The average molecular weight is 408 g/mol. The van der Waals surface area contributed by atoms with E-state index in [-0.39, 0.29) is 29.4 Å². The predicted octanol–water partition coefficient (Wildman–Crippen LogP) is 2.62. The summed E-state index contributed by atoms with van der Waals surface area (Å²) in [6, 6.07) is 10.1. The van der Waals surface area contributed by atoms with Crippen LogP contribution < -0.4 is 5.56 Å². The van der Waals surface area contributed by atoms with E-state index in [9.17, 15) is 25.0 Å². The Morgan fingerprint density at radius 1 is 1.03 bits per heavy atom. The molecule has 4 aromatic rings. The zero-order chi connectivity index (χ0) is 21.4. The van der Waals surface area contributed by atoms with Crippen LogP contribution in [-0.4, -0.2) is 29.6 Å². The monoisotopic (exact) mass is 408 g/mol. The molecule has 12 nitrogen and oxygen atoms in total. The zero-order valence-corrected chi connectivity index (χ0v) is 15.4. The average Bonchev–Trinajstić information content (AvgIpc) is 3.19. The lowest BCUT2D eigenvalue weighted by Gasteiger charge is -2.08. The number of rotatable bonds is 5. The Kier molecular flexibility index (Phi) is 4.50. The van der Waals surface area contributed by atoms with E-state index in [0.29, 0.717) is 16.7 Å². The van der Waals surface area contributed by atoms with Crippen molar-refractivity contribution in [2.24, 2.45) is 0 Å². The highest BCUT2D eigenvalue weighted by molar-refractivity contribution is 5.74. The van der Waals surface area contributed by atoms with Gasteiger partial charge in [-0.05, 0) is 19.1 Å². The third-order valence-electron chi connectivity index (χ3n) is 4.35. The van der Waals surface area contributed by atoms with Gasteiger partial charge >= 0.3 is 0 Å². The molecule has 0 saturated carbocycles. The third kappa shape index (κ3) is 3.37. The number of non-ortho nitro benzene ring substituents is 2. The number of fused-ring (bicyclic) bond motifs is 1. The quantitative estimate of drug-likeness (QED) is 0.357. The summed E-state index contributed by atoms with van der Waals surface area (Å²) in [6.45, 7) is 1.53. The molecule has 2 heterocycles. The van der Waals surface area contributed by atoms with E-state index in [1.807, 2.05) is 0 Å². The molecule has 0 fully saturated rings. The Bertz CT molecular complexity index is 1340. The Morgan fingerprint density at radius 3 is 2.37 bits per heavy atom. The highest BCUT2D eigenvalue weighted by Gasteiger charge is 2.20. The SMILES string of the molecule is Cc1nc2ccccc2n(Cc2nnc(-c3cc([N+](=O)[O-])cc([N+](=O)[O-])c3)o2)c1=O. The van der Waals surface area contributed by atoms with Crippen LogP contribution in [0.4, 0.5) is 11.4 Å². The maximum absolute atomic E-state index is 12.6. The summed E-state index contributed by atoms with van der Waals surface area (Å²) < 4.78 is 6.96. The molecule has 30 heavy (non-hydrogen) atoms. The molecule has 0 aliphatic heterocycles. The van der Waals surface area contributed by atoms with E-state index >= 15 is 0 Å². The molecule has 0 bridgehead atoms. The molecule has 0 N–H and O–H groups in total. The summed E-state index contributed by atoms with van der Waals surface area (Å²) in [6.07, 6.45) is 0. The fourth-order valence-corrected chi connectivity index (χ4v) is 2.98. The molecule has 0 aliphatic rings. The molecule has 12 heteroatoms. The lowest BCUT2D eigenvalue weighted by atomic mass is 10.2. The van der Waals surface area contributed by atoms with Gasteiger partial charge in [-0.15, -0.1) is 10.2 Å². The van der Waals surface area contributed by atoms with Crippen molar-refractivity contribution in [2.75, 3.05) is 0 Å². The molecule has 0 aliphatic carbocycles. The normalized spacial score (nSPS) is 11.0. The maximum Gasteiger partial charge on any atom is 0.277 e. The van der Waals surface area contributed by atoms with Gasteiger partial charge in [0.2, 0.25) is 11.8 Å². The number of nitro benzene ring substituents is 2. The van der Waals surface area contributed by atoms with Crippen molar-refractivity contribution >= 4 is 22.4 Å². The number of hydrogen-bond acceptors (Lipinski definition) is 9. The van der Waals surface area contributed by atoms with Crippen molar-refractivity contribution in [2.45, 2.75) is 13.5 Å². The first kappa shape index (κ1) is 18.9. The summed E-state index contributed by atoms with van der Waals surface area (Å²) in [5.41, 5.74) is 0.208. The lowest BCUT2D eigenvalue weighted by Crippen LogP contribution is -2.24. The van der Waals surface area contributed by atoms with Gasteiger partial charge in [0.05, 0.1) is 32.5 Å². The number of nitrogens with zero attached hydrogens (tertiary/aromatic N) is 6. The van der Waals surface area contributed by atoms with Gasteiger partial charge in [-0.1, -0.05) is 12.1 Å². The molecule has 150 valence electrons. The molecule has 0 atom stereocenters. The molecule has 0 unspecified atom stereocenters. The molecular weight excluding hydrogens is 396 g/mol. The third-order valence-corrected chi connectivity index (χ3v) is 4.35. The zero-order valence-electron chi connectivity index (χ0n) is 15.4. The van der Waals surface area contributed by atoms with Gasteiger partial charge in [-0.3, -0.25) is 29.6 Å². The van der Waals surface area contributed by atoms with Crippen molar-refractivity contribution in [3.05, 3.63) is 84.6 Å². The first-order valence-electron chi connectivity index (χ1n) is 8.56. The summed E-state index contributed by atoms with van der Waals surface area (Å²) in [5.74, 6) is -0.0862. The van der Waals surface area contributed by atoms with Crippen molar-refractivity contribution in [1.29, 1.82) is 0 Å². The minimum Gasteiger partial charge on any atom is -0.419 e. The number of hydrogen-bond donors (Lipinski definition) is 0. The van der Waals surface area contributed by atoms with Crippen molar-refractivity contribution < 1.29 is 14.3 Å². The second kappa shape index (κ2) is 7.16. The fraction of sp³-hybridized carbons (Fsp3) is 0.111. The second-order valence-corrected chi connectivity index (χ2v) is 6.33. The van der Waals surface area contributed by atoms with Crippen LogP contribution in [0, 0.1) is 27.2 Å². The smallest absolute Gasteiger partial charge is 0.277 e. The molecule has 2 aromatic carbocycles. The van der Waals surface area contributed by atoms with Crippen LogP contribution >= 0.6 is 0 Å². The highest BCUT2D eigenvalue weighted by atomic mass is 16.6. The van der Waals surface area contributed by atoms with Gasteiger partial charge in [0.1, 0.15) is 12.2 Å². The van der Waals surface area contributed by atoms with E-state index in [1.165, 1.54) is 4.57 Å². The number of aryl methyl sites for hydroxylation is 1. The van der Waals surface area contributed by atoms with Crippen LogP contribution in [0.3, 0.4) is 0 Å². The Labute approximate surface area is 166 Å². The van der Waals surface area contributed by atoms with Gasteiger partial charge in [0.15, 0.2) is 0 Å². The summed E-state index contributed by atoms with van der Waals surface area (Å²) >= 11 is 0. The molecule has 2 aromatic heterocycles. The van der Waals surface area contributed by atoms with Crippen molar-refractivity contribution in [3.63, 3.8) is 0 Å². The van der Waals surface area contributed by atoms with Crippen LogP contribution in [0.5, 0.6) is 0 Å². The van der Waals surface area contributed by atoms with Crippen LogP contribution in [0.25, 0.3) is 22.5 Å². The van der Waals surface area contributed by atoms with E-state index in [1.54, 1.807) is 31.2 Å². The van der Waals surface area contributed by atoms with Gasteiger partial charge in [0.25, 0.3) is 16.9 Å². The van der Waals surface area contributed by atoms with Crippen molar-refractivity contribution in [3.8, 4) is 11.5 Å². The van der Waals surface area contributed by atoms with E-state index < -0.39 is 21.2 Å². The van der Waals surface area contributed by atoms with Crippen LogP contribution in [0.15, 0.2) is 51.7 Å². The minimum atomic E-state index is -0.751. The Balaban J connectivity index is 1.76. The van der Waals surface area contributed by atoms with Crippen LogP contribution in [-0.2, 0) is 6.54 Å². The number of nitro groups is 2. The van der Waals surface area contributed by atoms with E-state index in [2.05, 4.69) is 15.2 Å². The minimum absolute atomic E-state index is 0.0257. The highest BCUT2D eigenvalue weighted by Crippen LogP contribution is 2.29. The molecule has 0 spiro atoms. The van der Waals surface area contributed by atoms with Gasteiger partial charge in [-0.25, -0.2) is 4.98 Å². The first-order valence-corrected chi connectivity index (χ1v) is 8.56. The Morgan fingerprint density at radius 2 is 1.70 bits per heavy atom. The number of aromatic nitrogens is 4. The molecule has 0 amide bonds. The van der Waals surface area contributed by atoms with Crippen LogP contribution in [0.1, 0.15) is 11.6 Å². The standard InChI is InChI=1S/C18H12N6O6/c1-10-18(25)22(15-5-3-2-4-14(15)19-10)9-16-20-21-17(30-16)11-6-12(23(26)27)8-13(7-11)24(28)29/h2-8H,9H2,1H3. The van der Waals surface area contributed by atoms with Crippen molar-refractivity contribution in [1.82, 2.24) is 19.7 Å². The van der Waals surface area contributed by atoms with E-state index in [4.69, 9.17) is 4.42 Å². The summed E-state index contributed by atoms with van der Waals surface area (Å²) in [5, 5.41) is 29.8. The fourth-order valence-electron chi connectivity index (χ4n) is 2.98. The lowest BCUT2D eigenvalue weighted by molar-refractivity contribution is -0.394. The van der Waals surface area contributed by atoms with E-state index in [0.717, 1.165) is 18.2 Å². The second-order valence-electron chi connectivity index (χ2n) is 6.33. The van der Waals surface area contributed by atoms with Gasteiger partial charge < -0.3 is 4.42 Å². The molecule has 0 saturated heterocycles. The van der Waals surface area contributed by atoms with Crippen LogP contribution in [0.2, 0.25) is 0 Å². The van der Waals surface area contributed by atoms with Gasteiger partial charge in [0, 0.05) is 12.1 Å². The first-order chi connectivity index (χ1) is 14.3. The predicted molar refractivity (Wildman–Crippen MR) is 103 cm³/mol.